The van der Waals surface area contributed by atoms with Crippen molar-refractivity contribution < 1.29 is 5.11 Å². The number of hydrogen-bond acceptors (Lipinski definition) is 2. The zero-order chi connectivity index (χ0) is 15.3. The highest BCUT2D eigenvalue weighted by Gasteiger charge is 2.00. The summed E-state index contributed by atoms with van der Waals surface area (Å²) in [6.45, 7) is 2.31. The lowest BCUT2D eigenvalue weighted by atomic mass is 10.0. The largest absolute Gasteiger partial charge is 0.398 e. The van der Waals surface area contributed by atoms with Crippen LogP contribution in [0.4, 0.5) is 5.69 Å². The van der Waals surface area contributed by atoms with Crippen LogP contribution in [-0.4, -0.2) is 5.11 Å². The first-order chi connectivity index (χ1) is 10.3. The third-order valence-corrected chi connectivity index (χ3v) is 4.20. The summed E-state index contributed by atoms with van der Waals surface area (Å²) < 4.78 is 0. The van der Waals surface area contributed by atoms with Gasteiger partial charge in [-0.05, 0) is 24.5 Å². The summed E-state index contributed by atoms with van der Waals surface area (Å²) >= 11 is 0. The van der Waals surface area contributed by atoms with Gasteiger partial charge in [-0.2, -0.15) is 0 Å². The number of aliphatic hydroxyl groups is 1. The molecule has 0 aromatic heterocycles. The third kappa shape index (κ3) is 8.11. The van der Waals surface area contributed by atoms with Crippen molar-refractivity contribution >= 4 is 5.69 Å². The molecule has 120 valence electrons. The Hall–Kier alpha value is -1.02. The van der Waals surface area contributed by atoms with Gasteiger partial charge >= 0.3 is 0 Å². The van der Waals surface area contributed by atoms with Gasteiger partial charge in [0.05, 0.1) is 6.61 Å². The van der Waals surface area contributed by atoms with E-state index in [-0.39, 0.29) is 6.61 Å². The molecule has 0 radical (unpaired) electrons. The van der Waals surface area contributed by atoms with Crippen LogP contribution in [0.15, 0.2) is 18.2 Å². The number of nitrogen functional groups attached to an aromatic ring is 1. The number of unbranched alkanes of at least 4 members (excludes halogenated alkanes) is 9. The average Bonchev–Trinajstić information content (AvgIpc) is 2.50. The summed E-state index contributed by atoms with van der Waals surface area (Å²) in [6, 6.07) is 6.04. The van der Waals surface area contributed by atoms with Crippen molar-refractivity contribution in [2.45, 2.75) is 84.2 Å². The molecule has 0 unspecified atom stereocenters. The molecule has 0 atom stereocenters. The zero-order valence-electron chi connectivity index (χ0n) is 13.7. The summed E-state index contributed by atoms with van der Waals surface area (Å²) in [5, 5.41) is 9.21. The molecule has 21 heavy (non-hydrogen) atoms. The minimum atomic E-state index is 0.0394. The van der Waals surface area contributed by atoms with Gasteiger partial charge in [0.25, 0.3) is 0 Å². The molecule has 0 aliphatic carbocycles. The molecule has 1 aromatic rings. The van der Waals surface area contributed by atoms with Crippen LogP contribution >= 0.6 is 0 Å². The van der Waals surface area contributed by atoms with Crippen LogP contribution in [0.25, 0.3) is 0 Å². The van der Waals surface area contributed by atoms with Gasteiger partial charge in [0.15, 0.2) is 0 Å². The highest BCUT2D eigenvalue weighted by atomic mass is 16.3. The molecule has 0 bridgehead atoms. The van der Waals surface area contributed by atoms with E-state index in [2.05, 4.69) is 13.0 Å². The molecule has 0 amide bonds. The van der Waals surface area contributed by atoms with Crippen molar-refractivity contribution in [3.8, 4) is 0 Å². The van der Waals surface area contributed by atoms with E-state index in [0.29, 0.717) is 5.69 Å². The van der Waals surface area contributed by atoms with Crippen LogP contribution in [0, 0.1) is 0 Å². The number of benzene rings is 1. The summed E-state index contributed by atoms with van der Waals surface area (Å²) in [5.74, 6) is 0. The number of rotatable bonds is 12. The van der Waals surface area contributed by atoms with Crippen LogP contribution in [0.1, 0.15) is 82.3 Å². The van der Waals surface area contributed by atoms with E-state index in [0.717, 1.165) is 12.0 Å². The predicted octanol–water partition coefficient (Wildman–Crippen LogP) is 5.22. The quantitative estimate of drug-likeness (QED) is 0.409. The van der Waals surface area contributed by atoms with E-state index in [4.69, 9.17) is 5.73 Å². The molecular formula is C19H33NO. The van der Waals surface area contributed by atoms with Crippen molar-refractivity contribution in [1.29, 1.82) is 0 Å². The lowest BCUT2D eigenvalue weighted by Crippen LogP contribution is -1.96. The van der Waals surface area contributed by atoms with Crippen LogP contribution in [0.2, 0.25) is 0 Å². The maximum atomic E-state index is 9.21. The molecule has 2 nitrogen and oxygen atoms in total. The number of nitrogens with two attached hydrogens (primary N) is 1. The second-order valence-corrected chi connectivity index (χ2v) is 6.12. The van der Waals surface area contributed by atoms with Crippen LogP contribution in [0.5, 0.6) is 0 Å². The Labute approximate surface area is 130 Å². The Morgan fingerprint density at radius 1 is 0.857 bits per heavy atom. The highest BCUT2D eigenvalue weighted by molar-refractivity contribution is 5.48. The minimum absolute atomic E-state index is 0.0394. The summed E-state index contributed by atoms with van der Waals surface area (Å²) in [5.41, 5.74) is 8.65. The molecule has 0 saturated carbocycles. The zero-order valence-corrected chi connectivity index (χ0v) is 13.7. The summed E-state index contributed by atoms with van der Waals surface area (Å²) in [6.07, 6.45) is 14.8. The van der Waals surface area contributed by atoms with Gasteiger partial charge < -0.3 is 10.8 Å². The number of hydrogen-bond donors (Lipinski definition) is 2. The molecule has 0 heterocycles. The van der Waals surface area contributed by atoms with E-state index < -0.39 is 0 Å². The van der Waals surface area contributed by atoms with E-state index in [9.17, 15) is 5.11 Å². The smallest absolute Gasteiger partial charge is 0.0702 e. The highest BCUT2D eigenvalue weighted by Crippen LogP contribution is 2.17. The van der Waals surface area contributed by atoms with Crippen LogP contribution in [-0.2, 0) is 13.0 Å². The van der Waals surface area contributed by atoms with Gasteiger partial charge in [-0.1, -0.05) is 76.8 Å². The first-order valence-electron chi connectivity index (χ1n) is 8.76. The molecule has 0 saturated heterocycles. The van der Waals surface area contributed by atoms with Crippen molar-refractivity contribution in [2.24, 2.45) is 0 Å². The maximum Gasteiger partial charge on any atom is 0.0702 e. The normalized spacial score (nSPS) is 11.0. The van der Waals surface area contributed by atoms with Gasteiger partial charge in [-0.3, -0.25) is 0 Å². The monoisotopic (exact) mass is 291 g/mol. The molecule has 0 fully saturated rings. The SMILES string of the molecule is CCCCCCCCCCCCc1ccc(N)c(CO)c1. The topological polar surface area (TPSA) is 46.2 Å². The number of aryl methyl sites for hydroxylation is 1. The maximum absolute atomic E-state index is 9.21. The van der Waals surface area contributed by atoms with Crippen LogP contribution < -0.4 is 5.73 Å². The Morgan fingerprint density at radius 2 is 1.43 bits per heavy atom. The predicted molar refractivity (Wildman–Crippen MR) is 92.3 cm³/mol. The van der Waals surface area contributed by atoms with E-state index in [1.165, 1.54) is 69.8 Å². The van der Waals surface area contributed by atoms with Gasteiger partial charge in [-0.25, -0.2) is 0 Å². The van der Waals surface area contributed by atoms with E-state index >= 15 is 0 Å². The third-order valence-electron chi connectivity index (χ3n) is 4.20. The minimum Gasteiger partial charge on any atom is -0.398 e. The van der Waals surface area contributed by atoms with Crippen molar-refractivity contribution in [2.75, 3.05) is 5.73 Å². The fourth-order valence-corrected chi connectivity index (χ4v) is 2.77. The molecule has 3 N–H and O–H groups in total. The fraction of sp³-hybridized carbons (Fsp3) is 0.684. The number of anilines is 1. The molecule has 0 aliphatic rings. The second kappa shape index (κ2) is 11.6. The molecule has 2 heteroatoms. The molecule has 1 rings (SSSR count). The van der Waals surface area contributed by atoms with Gasteiger partial charge in [-0.15, -0.1) is 0 Å². The average molecular weight is 291 g/mol. The Bertz CT molecular complexity index is 376. The van der Waals surface area contributed by atoms with Crippen molar-refractivity contribution in [3.63, 3.8) is 0 Å². The Balaban J connectivity index is 2.01. The van der Waals surface area contributed by atoms with Gasteiger partial charge in [0.2, 0.25) is 0 Å². The lowest BCUT2D eigenvalue weighted by molar-refractivity contribution is 0.282. The van der Waals surface area contributed by atoms with Gasteiger partial charge in [0, 0.05) is 11.3 Å². The van der Waals surface area contributed by atoms with Crippen LogP contribution in [0.3, 0.4) is 0 Å². The Morgan fingerprint density at radius 3 is 2.00 bits per heavy atom. The molecule has 0 aliphatic heterocycles. The molecule has 0 spiro atoms. The Kier molecular flexibility index (Phi) is 9.98. The second-order valence-electron chi connectivity index (χ2n) is 6.12. The summed E-state index contributed by atoms with van der Waals surface area (Å²) in [4.78, 5) is 0. The molecule has 1 aromatic carbocycles. The molecular weight excluding hydrogens is 258 g/mol. The number of aliphatic hydroxyl groups excluding tert-OH is 1. The summed E-state index contributed by atoms with van der Waals surface area (Å²) in [7, 11) is 0. The van der Waals surface area contributed by atoms with Crippen molar-refractivity contribution in [3.05, 3.63) is 29.3 Å². The fourth-order valence-electron chi connectivity index (χ4n) is 2.77. The lowest BCUT2D eigenvalue weighted by Gasteiger charge is -2.07. The van der Waals surface area contributed by atoms with Gasteiger partial charge in [0.1, 0.15) is 0 Å². The van der Waals surface area contributed by atoms with E-state index in [1.807, 2.05) is 12.1 Å². The van der Waals surface area contributed by atoms with Crippen molar-refractivity contribution in [1.82, 2.24) is 0 Å². The first kappa shape index (κ1) is 18.0. The van der Waals surface area contributed by atoms with E-state index in [1.54, 1.807) is 0 Å². The first-order valence-corrected chi connectivity index (χ1v) is 8.76. The standard InChI is InChI=1S/C19H33NO/c1-2-3-4-5-6-7-8-9-10-11-12-17-13-14-19(20)18(15-17)16-21/h13-15,21H,2-12,16,20H2,1H3.